The normalized spacial score (nSPS) is 12.3. The SMILES string of the molecule is COc1cc(C)nc(NCC(C)(C)S(C)(=O)=O)n1. The number of nitrogens with one attached hydrogen (secondary N) is 1. The molecule has 0 saturated carbocycles. The maximum atomic E-state index is 11.6. The quantitative estimate of drug-likeness (QED) is 0.863. The van der Waals surface area contributed by atoms with Crippen LogP contribution in [0.2, 0.25) is 0 Å². The average Bonchev–Trinajstić information content (AvgIpc) is 2.24. The van der Waals surface area contributed by atoms with Gasteiger partial charge in [-0.3, -0.25) is 0 Å². The molecule has 0 aliphatic rings. The lowest BCUT2D eigenvalue weighted by Crippen LogP contribution is -2.38. The summed E-state index contributed by atoms with van der Waals surface area (Å²) in [7, 11) is -1.63. The molecule has 0 unspecified atom stereocenters. The van der Waals surface area contributed by atoms with E-state index < -0.39 is 14.6 Å². The molecule has 0 aromatic carbocycles. The van der Waals surface area contributed by atoms with Crippen LogP contribution in [0.4, 0.5) is 5.95 Å². The van der Waals surface area contributed by atoms with Gasteiger partial charge >= 0.3 is 0 Å². The van der Waals surface area contributed by atoms with Crippen molar-refractivity contribution in [3.8, 4) is 5.88 Å². The number of hydrogen-bond acceptors (Lipinski definition) is 6. The number of rotatable bonds is 5. The van der Waals surface area contributed by atoms with Gasteiger partial charge in [-0.2, -0.15) is 4.98 Å². The number of aryl methyl sites for hydroxylation is 1. The molecular weight excluding hydrogens is 254 g/mol. The minimum atomic E-state index is -3.15. The first-order valence-electron chi connectivity index (χ1n) is 5.49. The zero-order valence-electron chi connectivity index (χ0n) is 11.3. The number of aromatic nitrogens is 2. The standard InChI is InChI=1S/C11H19N3O3S/c1-8-6-9(17-4)14-10(13-8)12-7-11(2,3)18(5,15)16/h6H,7H2,1-5H3,(H,12,13,14). The molecule has 1 aromatic rings. The molecule has 0 aliphatic heterocycles. The van der Waals surface area contributed by atoms with Crippen molar-refractivity contribution in [1.29, 1.82) is 0 Å². The third kappa shape index (κ3) is 3.56. The van der Waals surface area contributed by atoms with Crippen molar-refractivity contribution >= 4 is 15.8 Å². The van der Waals surface area contributed by atoms with Crippen LogP contribution in [0.1, 0.15) is 19.5 Å². The zero-order valence-corrected chi connectivity index (χ0v) is 12.1. The molecule has 1 heterocycles. The van der Waals surface area contributed by atoms with Crippen molar-refractivity contribution in [2.24, 2.45) is 0 Å². The number of sulfone groups is 1. The lowest BCUT2D eigenvalue weighted by molar-refractivity contribution is 0.397. The van der Waals surface area contributed by atoms with Crippen LogP contribution in [0.3, 0.4) is 0 Å². The van der Waals surface area contributed by atoms with Gasteiger partial charge in [-0.25, -0.2) is 13.4 Å². The highest BCUT2D eigenvalue weighted by atomic mass is 32.2. The Balaban J connectivity index is 2.84. The minimum Gasteiger partial charge on any atom is -0.481 e. The minimum absolute atomic E-state index is 0.235. The van der Waals surface area contributed by atoms with E-state index in [-0.39, 0.29) is 6.54 Å². The van der Waals surface area contributed by atoms with Gasteiger partial charge in [0.2, 0.25) is 11.8 Å². The topological polar surface area (TPSA) is 81.2 Å². The summed E-state index contributed by atoms with van der Waals surface area (Å²) in [6.07, 6.45) is 1.21. The van der Waals surface area contributed by atoms with E-state index in [0.29, 0.717) is 11.8 Å². The molecule has 1 aromatic heterocycles. The first kappa shape index (κ1) is 14.7. The molecule has 0 amide bonds. The second-order valence-corrected chi connectivity index (χ2v) is 7.41. The molecule has 0 saturated heterocycles. The van der Waals surface area contributed by atoms with E-state index in [1.165, 1.54) is 13.4 Å². The van der Waals surface area contributed by atoms with Gasteiger partial charge in [0.25, 0.3) is 0 Å². The van der Waals surface area contributed by atoms with Crippen LogP contribution in [-0.2, 0) is 9.84 Å². The van der Waals surface area contributed by atoms with Gasteiger partial charge in [-0.15, -0.1) is 0 Å². The van der Waals surface area contributed by atoms with Gasteiger partial charge in [0.05, 0.1) is 11.9 Å². The Kier molecular flexibility index (Phi) is 4.16. The van der Waals surface area contributed by atoms with Gasteiger partial charge in [0.15, 0.2) is 9.84 Å². The summed E-state index contributed by atoms with van der Waals surface area (Å²) in [6.45, 7) is 5.36. The number of anilines is 1. The molecule has 102 valence electrons. The highest BCUT2D eigenvalue weighted by Gasteiger charge is 2.30. The van der Waals surface area contributed by atoms with E-state index in [4.69, 9.17) is 4.74 Å². The molecule has 0 atom stereocenters. The highest BCUT2D eigenvalue weighted by Crippen LogP contribution is 2.17. The van der Waals surface area contributed by atoms with Crippen LogP contribution in [0.5, 0.6) is 5.88 Å². The first-order chi connectivity index (χ1) is 8.15. The molecule has 0 radical (unpaired) electrons. The lowest BCUT2D eigenvalue weighted by Gasteiger charge is -2.22. The number of hydrogen-bond donors (Lipinski definition) is 1. The van der Waals surface area contributed by atoms with Crippen molar-refractivity contribution in [3.05, 3.63) is 11.8 Å². The molecule has 1 rings (SSSR count). The molecule has 1 N–H and O–H groups in total. The van der Waals surface area contributed by atoms with E-state index >= 15 is 0 Å². The summed E-state index contributed by atoms with van der Waals surface area (Å²) >= 11 is 0. The molecule has 7 heteroatoms. The predicted molar refractivity (Wildman–Crippen MR) is 70.7 cm³/mol. The second kappa shape index (κ2) is 5.09. The van der Waals surface area contributed by atoms with Crippen molar-refractivity contribution in [1.82, 2.24) is 9.97 Å². The number of methoxy groups -OCH3 is 1. The fourth-order valence-corrected chi connectivity index (χ4v) is 1.48. The maximum absolute atomic E-state index is 11.6. The van der Waals surface area contributed by atoms with Gasteiger partial charge in [0.1, 0.15) is 0 Å². The van der Waals surface area contributed by atoms with Crippen LogP contribution >= 0.6 is 0 Å². The summed E-state index contributed by atoms with van der Waals surface area (Å²) < 4.78 is 27.3. The van der Waals surface area contributed by atoms with Gasteiger partial charge in [-0.1, -0.05) is 0 Å². The van der Waals surface area contributed by atoms with Gasteiger partial charge in [-0.05, 0) is 20.8 Å². The van der Waals surface area contributed by atoms with E-state index in [2.05, 4.69) is 15.3 Å². The largest absolute Gasteiger partial charge is 0.481 e. The predicted octanol–water partition coefficient (Wildman–Crippen LogP) is 1.03. The Morgan fingerprint density at radius 2 is 2.00 bits per heavy atom. The van der Waals surface area contributed by atoms with Crippen molar-refractivity contribution in [3.63, 3.8) is 0 Å². The summed E-state index contributed by atoms with van der Waals surface area (Å²) in [5.41, 5.74) is 0.751. The second-order valence-electron chi connectivity index (χ2n) is 4.76. The average molecular weight is 273 g/mol. The molecule has 0 aliphatic carbocycles. The summed E-state index contributed by atoms with van der Waals surface area (Å²) in [4.78, 5) is 8.27. The third-order valence-corrected chi connectivity index (χ3v) is 4.87. The van der Waals surface area contributed by atoms with Crippen LogP contribution in [0.15, 0.2) is 6.07 Å². The van der Waals surface area contributed by atoms with Crippen LogP contribution in [-0.4, -0.2) is 43.0 Å². The van der Waals surface area contributed by atoms with Crippen LogP contribution in [0.25, 0.3) is 0 Å². The summed E-state index contributed by atoms with van der Waals surface area (Å²) in [6, 6.07) is 1.70. The third-order valence-electron chi connectivity index (χ3n) is 2.72. The maximum Gasteiger partial charge on any atom is 0.226 e. The Hall–Kier alpha value is -1.37. The Bertz CT molecular complexity index is 526. The summed E-state index contributed by atoms with van der Waals surface area (Å²) in [5.74, 6) is 0.811. The zero-order chi connectivity index (χ0) is 14.0. The van der Waals surface area contributed by atoms with Crippen LogP contribution in [0, 0.1) is 6.92 Å². The van der Waals surface area contributed by atoms with Crippen molar-refractivity contribution in [2.45, 2.75) is 25.5 Å². The number of nitrogens with zero attached hydrogens (tertiary/aromatic N) is 2. The fraction of sp³-hybridized carbons (Fsp3) is 0.636. The smallest absolute Gasteiger partial charge is 0.226 e. The van der Waals surface area contributed by atoms with E-state index in [9.17, 15) is 8.42 Å². The number of ether oxygens (including phenoxy) is 1. The Morgan fingerprint density at radius 3 is 2.50 bits per heavy atom. The molecule has 6 nitrogen and oxygen atoms in total. The van der Waals surface area contributed by atoms with E-state index in [1.54, 1.807) is 19.9 Å². The highest BCUT2D eigenvalue weighted by molar-refractivity contribution is 7.92. The monoisotopic (exact) mass is 273 g/mol. The molecule has 18 heavy (non-hydrogen) atoms. The van der Waals surface area contributed by atoms with Crippen molar-refractivity contribution < 1.29 is 13.2 Å². The Labute approximate surface area is 108 Å². The van der Waals surface area contributed by atoms with Crippen molar-refractivity contribution in [2.75, 3.05) is 25.2 Å². The van der Waals surface area contributed by atoms with E-state index in [0.717, 1.165) is 5.69 Å². The molecule has 0 spiro atoms. The lowest BCUT2D eigenvalue weighted by atomic mass is 10.2. The molecule has 0 bridgehead atoms. The van der Waals surface area contributed by atoms with Gasteiger partial charge < -0.3 is 10.1 Å². The van der Waals surface area contributed by atoms with Crippen LogP contribution < -0.4 is 10.1 Å². The van der Waals surface area contributed by atoms with E-state index in [1.807, 2.05) is 6.92 Å². The Morgan fingerprint density at radius 1 is 1.39 bits per heavy atom. The van der Waals surface area contributed by atoms with Gasteiger partial charge in [0, 0.05) is 24.6 Å². The first-order valence-corrected chi connectivity index (χ1v) is 7.38. The molecular formula is C11H19N3O3S. The fourth-order valence-electron chi connectivity index (χ4n) is 1.15. The molecule has 0 fully saturated rings. The summed E-state index contributed by atoms with van der Waals surface area (Å²) in [5, 5.41) is 2.93.